The number of benzene rings is 2. The Labute approximate surface area is 127 Å². The SMILES string of the molecule is CC[C@](O)(Cc1ccccc1)[C@H](C)[C@@H](O)c1ccccc1. The summed E-state index contributed by atoms with van der Waals surface area (Å²) in [6.45, 7) is 3.89. The second-order valence-corrected chi connectivity index (χ2v) is 5.76. The number of rotatable bonds is 6. The third-order valence-corrected chi connectivity index (χ3v) is 4.43. The van der Waals surface area contributed by atoms with Gasteiger partial charge in [-0.05, 0) is 17.5 Å². The van der Waals surface area contributed by atoms with Gasteiger partial charge in [0.15, 0.2) is 0 Å². The van der Waals surface area contributed by atoms with Gasteiger partial charge in [0.1, 0.15) is 0 Å². The standard InChI is InChI=1S/C19H24O2/c1-3-19(21,14-16-10-6-4-7-11-16)15(2)18(20)17-12-8-5-9-13-17/h4-13,15,18,20-21H,3,14H2,1-2H3/t15-,18-,19+/m1/s1. The maximum absolute atomic E-state index is 11.0. The van der Waals surface area contributed by atoms with E-state index in [-0.39, 0.29) is 5.92 Å². The van der Waals surface area contributed by atoms with Gasteiger partial charge in [0, 0.05) is 12.3 Å². The van der Waals surface area contributed by atoms with Crippen LogP contribution in [-0.4, -0.2) is 15.8 Å². The first kappa shape index (κ1) is 15.7. The van der Waals surface area contributed by atoms with Gasteiger partial charge in [-0.1, -0.05) is 74.5 Å². The van der Waals surface area contributed by atoms with Gasteiger partial charge in [0.2, 0.25) is 0 Å². The molecule has 2 aromatic rings. The lowest BCUT2D eigenvalue weighted by atomic mass is 9.76. The van der Waals surface area contributed by atoms with Crippen LogP contribution < -0.4 is 0 Å². The van der Waals surface area contributed by atoms with Crippen molar-refractivity contribution in [1.29, 1.82) is 0 Å². The van der Waals surface area contributed by atoms with Crippen LogP contribution >= 0.6 is 0 Å². The normalized spacial score (nSPS) is 17.0. The van der Waals surface area contributed by atoms with Crippen LogP contribution in [0.3, 0.4) is 0 Å². The highest BCUT2D eigenvalue weighted by Gasteiger charge is 2.37. The fourth-order valence-electron chi connectivity index (χ4n) is 2.79. The molecular formula is C19H24O2. The molecule has 2 heteroatoms. The Kier molecular flexibility index (Phi) is 5.16. The molecule has 0 aliphatic heterocycles. The molecule has 0 radical (unpaired) electrons. The van der Waals surface area contributed by atoms with Crippen LogP contribution in [0.1, 0.15) is 37.5 Å². The minimum atomic E-state index is -0.920. The number of aliphatic hydroxyl groups excluding tert-OH is 1. The molecule has 0 fully saturated rings. The third kappa shape index (κ3) is 3.72. The summed E-state index contributed by atoms with van der Waals surface area (Å²) in [5.41, 5.74) is 1.02. The summed E-state index contributed by atoms with van der Waals surface area (Å²) in [6, 6.07) is 19.5. The van der Waals surface area contributed by atoms with E-state index in [4.69, 9.17) is 0 Å². The molecule has 0 unspecified atom stereocenters. The summed E-state index contributed by atoms with van der Waals surface area (Å²) in [6.07, 6.45) is 0.488. The number of aliphatic hydroxyl groups is 2. The van der Waals surface area contributed by atoms with Crippen molar-refractivity contribution in [3.05, 3.63) is 71.8 Å². The molecule has 112 valence electrons. The summed E-state index contributed by atoms with van der Waals surface area (Å²) in [5.74, 6) is -0.245. The van der Waals surface area contributed by atoms with Gasteiger partial charge in [-0.2, -0.15) is 0 Å². The largest absolute Gasteiger partial charge is 0.389 e. The Bertz CT molecular complexity index is 538. The second-order valence-electron chi connectivity index (χ2n) is 5.76. The molecule has 0 aliphatic rings. The van der Waals surface area contributed by atoms with E-state index in [1.54, 1.807) is 0 Å². The van der Waals surface area contributed by atoms with E-state index in [0.29, 0.717) is 12.8 Å². The molecule has 0 aliphatic carbocycles. The van der Waals surface area contributed by atoms with Crippen molar-refractivity contribution in [2.45, 2.75) is 38.4 Å². The van der Waals surface area contributed by atoms with E-state index in [9.17, 15) is 10.2 Å². The predicted molar refractivity (Wildman–Crippen MR) is 86.0 cm³/mol. The zero-order chi connectivity index (χ0) is 15.3. The molecule has 0 aromatic heterocycles. The quantitative estimate of drug-likeness (QED) is 0.848. The highest BCUT2D eigenvalue weighted by molar-refractivity contribution is 5.21. The van der Waals surface area contributed by atoms with Gasteiger partial charge in [-0.25, -0.2) is 0 Å². The molecule has 0 amide bonds. The molecule has 0 saturated carbocycles. The van der Waals surface area contributed by atoms with E-state index in [1.165, 1.54) is 0 Å². The zero-order valence-corrected chi connectivity index (χ0v) is 12.7. The lowest BCUT2D eigenvalue weighted by molar-refractivity contribution is -0.0675. The van der Waals surface area contributed by atoms with E-state index >= 15 is 0 Å². The Hall–Kier alpha value is -1.64. The Morgan fingerprint density at radius 2 is 1.48 bits per heavy atom. The van der Waals surface area contributed by atoms with Crippen LogP contribution in [0.2, 0.25) is 0 Å². The zero-order valence-electron chi connectivity index (χ0n) is 12.7. The first-order valence-electron chi connectivity index (χ1n) is 7.56. The number of hydrogen-bond donors (Lipinski definition) is 2. The number of hydrogen-bond acceptors (Lipinski definition) is 2. The van der Waals surface area contributed by atoms with E-state index in [0.717, 1.165) is 11.1 Å². The molecule has 2 N–H and O–H groups in total. The molecule has 0 heterocycles. The van der Waals surface area contributed by atoms with Crippen LogP contribution in [0.4, 0.5) is 0 Å². The molecule has 0 saturated heterocycles. The van der Waals surface area contributed by atoms with Crippen LogP contribution in [0, 0.1) is 5.92 Å². The van der Waals surface area contributed by atoms with E-state index in [1.807, 2.05) is 74.5 Å². The highest BCUT2D eigenvalue weighted by Crippen LogP contribution is 2.35. The van der Waals surface area contributed by atoms with Gasteiger partial charge in [0.05, 0.1) is 11.7 Å². The fourth-order valence-corrected chi connectivity index (χ4v) is 2.79. The van der Waals surface area contributed by atoms with Crippen LogP contribution in [0.25, 0.3) is 0 Å². The van der Waals surface area contributed by atoms with Crippen molar-refractivity contribution < 1.29 is 10.2 Å². The van der Waals surface area contributed by atoms with Crippen LogP contribution in [0.15, 0.2) is 60.7 Å². The lowest BCUT2D eigenvalue weighted by Gasteiger charge is -2.36. The molecule has 21 heavy (non-hydrogen) atoms. The molecule has 0 bridgehead atoms. The molecular weight excluding hydrogens is 260 g/mol. The molecule has 0 spiro atoms. The van der Waals surface area contributed by atoms with Gasteiger partial charge in [-0.15, -0.1) is 0 Å². The van der Waals surface area contributed by atoms with Gasteiger partial charge < -0.3 is 10.2 Å². The predicted octanol–water partition coefficient (Wildman–Crippen LogP) is 3.74. The molecule has 2 nitrogen and oxygen atoms in total. The Morgan fingerprint density at radius 3 is 2.00 bits per heavy atom. The lowest BCUT2D eigenvalue weighted by Crippen LogP contribution is -2.41. The topological polar surface area (TPSA) is 40.5 Å². The third-order valence-electron chi connectivity index (χ3n) is 4.43. The van der Waals surface area contributed by atoms with Crippen molar-refractivity contribution >= 4 is 0 Å². The van der Waals surface area contributed by atoms with Crippen LogP contribution in [0.5, 0.6) is 0 Å². The average Bonchev–Trinajstić information content (AvgIpc) is 2.55. The van der Waals surface area contributed by atoms with Crippen LogP contribution in [-0.2, 0) is 6.42 Å². The highest BCUT2D eigenvalue weighted by atomic mass is 16.3. The monoisotopic (exact) mass is 284 g/mol. The van der Waals surface area contributed by atoms with E-state index < -0.39 is 11.7 Å². The summed E-state index contributed by atoms with van der Waals surface area (Å²) in [7, 11) is 0. The summed E-state index contributed by atoms with van der Waals surface area (Å²) in [4.78, 5) is 0. The minimum absolute atomic E-state index is 0.245. The van der Waals surface area contributed by atoms with Gasteiger partial charge in [-0.3, -0.25) is 0 Å². The van der Waals surface area contributed by atoms with E-state index in [2.05, 4.69) is 0 Å². The minimum Gasteiger partial charge on any atom is -0.389 e. The Balaban J connectivity index is 2.19. The molecule has 3 atom stereocenters. The van der Waals surface area contributed by atoms with Crippen molar-refractivity contribution in [1.82, 2.24) is 0 Å². The average molecular weight is 284 g/mol. The second kappa shape index (κ2) is 6.88. The first-order chi connectivity index (χ1) is 10.1. The van der Waals surface area contributed by atoms with Crippen molar-refractivity contribution in [2.24, 2.45) is 5.92 Å². The maximum Gasteiger partial charge on any atom is 0.0843 e. The first-order valence-corrected chi connectivity index (χ1v) is 7.56. The smallest absolute Gasteiger partial charge is 0.0843 e. The molecule has 2 aromatic carbocycles. The molecule has 2 rings (SSSR count). The summed E-state index contributed by atoms with van der Waals surface area (Å²) in [5, 5.41) is 21.6. The van der Waals surface area contributed by atoms with Crippen molar-refractivity contribution in [2.75, 3.05) is 0 Å². The summed E-state index contributed by atoms with van der Waals surface area (Å²) < 4.78 is 0. The maximum atomic E-state index is 11.0. The van der Waals surface area contributed by atoms with Gasteiger partial charge in [0.25, 0.3) is 0 Å². The van der Waals surface area contributed by atoms with Gasteiger partial charge >= 0.3 is 0 Å². The fraction of sp³-hybridized carbons (Fsp3) is 0.368. The summed E-state index contributed by atoms with van der Waals surface area (Å²) >= 11 is 0. The Morgan fingerprint density at radius 1 is 0.952 bits per heavy atom. The van der Waals surface area contributed by atoms with Crippen molar-refractivity contribution in [3.63, 3.8) is 0 Å². The van der Waals surface area contributed by atoms with Crippen molar-refractivity contribution in [3.8, 4) is 0 Å².